The van der Waals surface area contributed by atoms with Gasteiger partial charge in [0.2, 0.25) is 0 Å². The van der Waals surface area contributed by atoms with Crippen LogP contribution in [0.4, 0.5) is 4.39 Å². The molecule has 0 amide bonds. The first kappa shape index (κ1) is 13.6. The molecule has 2 aromatic rings. The van der Waals surface area contributed by atoms with E-state index < -0.39 is 0 Å². The molecular weight excluding hydrogens is 241 g/mol. The van der Waals surface area contributed by atoms with Crippen molar-refractivity contribution in [1.82, 2.24) is 15.3 Å². The van der Waals surface area contributed by atoms with Gasteiger partial charge in [-0.2, -0.15) is 0 Å². The van der Waals surface area contributed by atoms with E-state index in [1.807, 2.05) is 13.0 Å². The first-order chi connectivity index (χ1) is 9.04. The van der Waals surface area contributed by atoms with Crippen LogP contribution in [0.3, 0.4) is 0 Å². The fourth-order valence-corrected chi connectivity index (χ4v) is 1.78. The third-order valence-electron chi connectivity index (χ3n) is 2.72. The quantitative estimate of drug-likeness (QED) is 0.917. The van der Waals surface area contributed by atoms with E-state index in [4.69, 9.17) is 0 Å². The molecule has 0 radical (unpaired) electrons. The van der Waals surface area contributed by atoms with Gasteiger partial charge < -0.3 is 5.32 Å². The molecule has 1 aromatic heterocycles. The van der Waals surface area contributed by atoms with E-state index in [0.29, 0.717) is 17.4 Å². The summed E-state index contributed by atoms with van der Waals surface area (Å²) in [6.07, 6.45) is 3.55. The fourth-order valence-electron chi connectivity index (χ4n) is 1.78. The van der Waals surface area contributed by atoms with Crippen LogP contribution in [-0.4, -0.2) is 16.0 Å². The minimum absolute atomic E-state index is 0.260. The third-order valence-corrected chi connectivity index (χ3v) is 2.72. The first-order valence-electron chi connectivity index (χ1n) is 6.36. The number of aromatic nitrogens is 2. The Labute approximate surface area is 112 Å². The molecular formula is C15H18FN3. The van der Waals surface area contributed by atoms with Crippen molar-refractivity contribution < 1.29 is 4.39 Å². The van der Waals surface area contributed by atoms with Crippen molar-refractivity contribution in [2.75, 3.05) is 0 Å². The molecule has 1 aromatic carbocycles. The standard InChI is InChI=1S/C15H18FN3/c1-10(2)17-7-12-8-18-15(19-9-12)13-4-11(3)5-14(16)6-13/h4-6,8-10,17H,7H2,1-3H3. The van der Waals surface area contributed by atoms with Crippen LogP contribution >= 0.6 is 0 Å². The molecule has 0 aliphatic rings. The van der Waals surface area contributed by atoms with Crippen molar-refractivity contribution in [2.45, 2.75) is 33.4 Å². The van der Waals surface area contributed by atoms with Crippen molar-refractivity contribution in [3.8, 4) is 11.4 Å². The van der Waals surface area contributed by atoms with Crippen molar-refractivity contribution in [2.24, 2.45) is 0 Å². The molecule has 0 saturated carbocycles. The van der Waals surface area contributed by atoms with Crippen molar-refractivity contribution >= 4 is 0 Å². The Morgan fingerprint density at radius 3 is 2.42 bits per heavy atom. The number of hydrogen-bond donors (Lipinski definition) is 1. The molecule has 0 aliphatic heterocycles. The van der Waals surface area contributed by atoms with Gasteiger partial charge >= 0.3 is 0 Å². The Balaban J connectivity index is 2.17. The molecule has 1 N–H and O–H groups in total. The molecule has 0 atom stereocenters. The lowest BCUT2D eigenvalue weighted by molar-refractivity contribution is 0.587. The van der Waals surface area contributed by atoms with Crippen LogP contribution in [0, 0.1) is 12.7 Å². The van der Waals surface area contributed by atoms with Crippen LogP contribution in [-0.2, 0) is 6.54 Å². The van der Waals surface area contributed by atoms with Crippen LogP contribution in [0.1, 0.15) is 25.0 Å². The van der Waals surface area contributed by atoms with Gasteiger partial charge in [-0.15, -0.1) is 0 Å². The average Bonchev–Trinajstić information content (AvgIpc) is 2.36. The monoisotopic (exact) mass is 259 g/mol. The van der Waals surface area contributed by atoms with Gasteiger partial charge in [0.25, 0.3) is 0 Å². The Bertz CT molecular complexity index is 530. The zero-order valence-electron chi connectivity index (χ0n) is 11.4. The highest BCUT2D eigenvalue weighted by atomic mass is 19.1. The summed E-state index contributed by atoms with van der Waals surface area (Å²) in [5.41, 5.74) is 2.59. The maximum atomic E-state index is 13.3. The van der Waals surface area contributed by atoms with Crippen molar-refractivity contribution in [3.05, 3.63) is 47.5 Å². The highest BCUT2D eigenvalue weighted by molar-refractivity contribution is 5.55. The SMILES string of the molecule is Cc1cc(F)cc(-c2ncc(CNC(C)C)cn2)c1. The molecule has 100 valence electrons. The lowest BCUT2D eigenvalue weighted by Crippen LogP contribution is -2.21. The Morgan fingerprint density at radius 2 is 1.84 bits per heavy atom. The topological polar surface area (TPSA) is 37.8 Å². The summed E-state index contributed by atoms with van der Waals surface area (Å²) in [7, 11) is 0. The van der Waals surface area contributed by atoms with Gasteiger partial charge in [-0.25, -0.2) is 14.4 Å². The Hall–Kier alpha value is -1.81. The number of aryl methyl sites for hydroxylation is 1. The summed E-state index contributed by atoms with van der Waals surface area (Å²) in [5.74, 6) is 0.292. The molecule has 4 heteroatoms. The fraction of sp³-hybridized carbons (Fsp3) is 0.333. The Morgan fingerprint density at radius 1 is 1.16 bits per heavy atom. The second kappa shape index (κ2) is 5.89. The molecule has 0 aliphatic carbocycles. The van der Waals surface area contributed by atoms with E-state index in [9.17, 15) is 4.39 Å². The smallest absolute Gasteiger partial charge is 0.159 e. The molecule has 0 bridgehead atoms. The second-order valence-electron chi connectivity index (χ2n) is 4.97. The zero-order chi connectivity index (χ0) is 13.8. The van der Waals surface area contributed by atoms with Gasteiger partial charge in [0.1, 0.15) is 5.82 Å². The van der Waals surface area contributed by atoms with Crippen LogP contribution in [0.5, 0.6) is 0 Å². The minimum Gasteiger partial charge on any atom is -0.310 e. The molecule has 0 fully saturated rings. The number of nitrogens with one attached hydrogen (secondary N) is 1. The number of benzene rings is 1. The zero-order valence-corrected chi connectivity index (χ0v) is 11.4. The molecule has 3 nitrogen and oxygen atoms in total. The van der Waals surface area contributed by atoms with Crippen molar-refractivity contribution in [3.63, 3.8) is 0 Å². The lowest BCUT2D eigenvalue weighted by Gasteiger charge is -2.08. The summed E-state index contributed by atoms with van der Waals surface area (Å²) in [6.45, 7) is 6.77. The lowest BCUT2D eigenvalue weighted by atomic mass is 10.1. The predicted molar refractivity (Wildman–Crippen MR) is 74.1 cm³/mol. The number of rotatable bonds is 4. The van der Waals surface area contributed by atoms with E-state index in [-0.39, 0.29) is 5.82 Å². The number of nitrogens with zero attached hydrogens (tertiary/aromatic N) is 2. The minimum atomic E-state index is -0.260. The molecule has 0 unspecified atom stereocenters. The van der Waals surface area contributed by atoms with Gasteiger partial charge in [0, 0.05) is 36.1 Å². The van der Waals surface area contributed by atoms with Gasteiger partial charge in [-0.05, 0) is 30.7 Å². The maximum absolute atomic E-state index is 13.3. The molecule has 19 heavy (non-hydrogen) atoms. The summed E-state index contributed by atoms with van der Waals surface area (Å²) in [6, 6.07) is 5.24. The largest absolute Gasteiger partial charge is 0.310 e. The van der Waals surface area contributed by atoms with Gasteiger partial charge in [0.15, 0.2) is 5.82 Å². The van der Waals surface area contributed by atoms with E-state index >= 15 is 0 Å². The highest BCUT2D eigenvalue weighted by Gasteiger charge is 2.04. The second-order valence-corrected chi connectivity index (χ2v) is 4.97. The summed E-state index contributed by atoms with van der Waals surface area (Å²) < 4.78 is 13.3. The van der Waals surface area contributed by atoms with E-state index in [0.717, 1.165) is 17.7 Å². The molecule has 2 rings (SSSR count). The van der Waals surface area contributed by atoms with E-state index in [2.05, 4.69) is 29.1 Å². The van der Waals surface area contributed by atoms with Gasteiger partial charge in [-0.3, -0.25) is 0 Å². The van der Waals surface area contributed by atoms with Crippen LogP contribution < -0.4 is 5.32 Å². The summed E-state index contributed by atoms with van der Waals surface area (Å²) >= 11 is 0. The first-order valence-corrected chi connectivity index (χ1v) is 6.36. The van der Waals surface area contributed by atoms with Gasteiger partial charge in [0.05, 0.1) is 0 Å². The van der Waals surface area contributed by atoms with Crippen molar-refractivity contribution in [1.29, 1.82) is 0 Å². The molecule has 0 saturated heterocycles. The highest BCUT2D eigenvalue weighted by Crippen LogP contribution is 2.17. The van der Waals surface area contributed by atoms with E-state index in [1.54, 1.807) is 12.4 Å². The van der Waals surface area contributed by atoms with E-state index in [1.165, 1.54) is 12.1 Å². The summed E-state index contributed by atoms with van der Waals surface area (Å²) in [4.78, 5) is 8.58. The normalized spacial score (nSPS) is 11.0. The molecule has 1 heterocycles. The Kier molecular flexibility index (Phi) is 4.22. The van der Waals surface area contributed by atoms with Crippen LogP contribution in [0.2, 0.25) is 0 Å². The number of hydrogen-bond acceptors (Lipinski definition) is 3. The predicted octanol–water partition coefficient (Wildman–Crippen LogP) is 3.09. The molecule has 0 spiro atoms. The summed E-state index contributed by atoms with van der Waals surface area (Å²) in [5, 5.41) is 3.30. The van der Waals surface area contributed by atoms with Crippen LogP contribution in [0.15, 0.2) is 30.6 Å². The maximum Gasteiger partial charge on any atom is 0.159 e. The average molecular weight is 259 g/mol. The number of halogens is 1. The van der Waals surface area contributed by atoms with Crippen LogP contribution in [0.25, 0.3) is 11.4 Å². The van der Waals surface area contributed by atoms with Gasteiger partial charge in [-0.1, -0.05) is 13.8 Å². The third kappa shape index (κ3) is 3.83.